The molecule has 7 heteroatoms. The molecule has 1 aliphatic rings. The van der Waals surface area contributed by atoms with Crippen molar-refractivity contribution in [3.8, 4) is 0 Å². The van der Waals surface area contributed by atoms with Crippen molar-refractivity contribution in [2.45, 2.75) is 19.9 Å². The van der Waals surface area contributed by atoms with E-state index in [4.69, 9.17) is 0 Å². The van der Waals surface area contributed by atoms with E-state index in [1.165, 1.54) is 11.1 Å². The summed E-state index contributed by atoms with van der Waals surface area (Å²) in [5, 5.41) is 3.51. The van der Waals surface area contributed by atoms with Gasteiger partial charge in [0.15, 0.2) is 5.96 Å². The molecule has 0 radical (unpaired) electrons. The largest absolute Gasteiger partial charge is 0.352 e. The first kappa shape index (κ1) is 20.4. The van der Waals surface area contributed by atoms with Crippen molar-refractivity contribution < 1.29 is 0 Å². The number of aliphatic imine (C=N–C) groups is 1. The van der Waals surface area contributed by atoms with Crippen molar-refractivity contribution in [1.29, 1.82) is 0 Å². The number of nitrogens with zero attached hydrogens (tertiary/aromatic N) is 5. The average Bonchev–Trinajstić information content (AvgIpc) is 2.70. The van der Waals surface area contributed by atoms with Gasteiger partial charge in [-0.15, -0.1) is 24.0 Å². The fourth-order valence-electron chi connectivity index (χ4n) is 3.15. The van der Waals surface area contributed by atoms with Gasteiger partial charge in [0.2, 0.25) is 5.95 Å². The van der Waals surface area contributed by atoms with Gasteiger partial charge in [0.1, 0.15) is 0 Å². The zero-order valence-corrected chi connectivity index (χ0v) is 17.8. The number of hydrogen-bond donors (Lipinski definition) is 1. The molecule has 1 fully saturated rings. The van der Waals surface area contributed by atoms with Crippen molar-refractivity contribution in [2.75, 3.05) is 38.1 Å². The lowest BCUT2D eigenvalue weighted by Crippen LogP contribution is -2.52. The van der Waals surface area contributed by atoms with Gasteiger partial charge in [-0.05, 0) is 23.6 Å². The summed E-state index contributed by atoms with van der Waals surface area (Å²) in [6, 6.07) is 10.4. The second-order valence-electron chi connectivity index (χ2n) is 6.05. The van der Waals surface area contributed by atoms with E-state index in [1.807, 2.05) is 13.1 Å². The van der Waals surface area contributed by atoms with Gasteiger partial charge in [-0.2, -0.15) is 0 Å². The fraction of sp³-hybridized carbons (Fsp3) is 0.421. The molecule has 1 aliphatic heterocycles. The third kappa shape index (κ3) is 5.06. The Bertz CT molecular complexity index is 698. The summed E-state index contributed by atoms with van der Waals surface area (Å²) in [6.07, 6.45) is 4.63. The van der Waals surface area contributed by atoms with Crippen LogP contribution >= 0.6 is 24.0 Å². The molecule has 0 aliphatic carbocycles. The predicted molar refractivity (Wildman–Crippen MR) is 117 cm³/mol. The monoisotopic (exact) mass is 466 g/mol. The number of anilines is 1. The van der Waals surface area contributed by atoms with Gasteiger partial charge < -0.3 is 15.1 Å². The fourth-order valence-corrected chi connectivity index (χ4v) is 3.15. The topological polar surface area (TPSA) is 56.7 Å². The van der Waals surface area contributed by atoms with Gasteiger partial charge in [0.25, 0.3) is 0 Å². The minimum atomic E-state index is 0. The first-order chi connectivity index (χ1) is 12.3. The molecule has 140 valence electrons. The van der Waals surface area contributed by atoms with Crippen LogP contribution in [0.1, 0.15) is 18.1 Å². The lowest BCUT2D eigenvalue weighted by Gasteiger charge is -2.36. The van der Waals surface area contributed by atoms with Crippen LogP contribution in [-0.4, -0.2) is 54.1 Å². The van der Waals surface area contributed by atoms with Gasteiger partial charge >= 0.3 is 0 Å². The van der Waals surface area contributed by atoms with Crippen molar-refractivity contribution in [2.24, 2.45) is 4.99 Å². The third-order valence-electron chi connectivity index (χ3n) is 4.56. The summed E-state index contributed by atoms with van der Waals surface area (Å²) in [4.78, 5) is 17.7. The summed E-state index contributed by atoms with van der Waals surface area (Å²) in [7, 11) is 1.85. The number of halogens is 1. The molecule has 0 amide bonds. The van der Waals surface area contributed by atoms with Crippen LogP contribution in [0.15, 0.2) is 47.7 Å². The van der Waals surface area contributed by atoms with E-state index < -0.39 is 0 Å². The number of guanidine groups is 1. The zero-order chi connectivity index (χ0) is 17.5. The highest BCUT2D eigenvalue weighted by Crippen LogP contribution is 2.11. The number of benzene rings is 1. The smallest absolute Gasteiger partial charge is 0.225 e. The Morgan fingerprint density at radius 3 is 2.31 bits per heavy atom. The van der Waals surface area contributed by atoms with Crippen molar-refractivity contribution in [3.05, 3.63) is 53.9 Å². The number of nitrogens with one attached hydrogen (secondary N) is 1. The van der Waals surface area contributed by atoms with Gasteiger partial charge in [-0.25, -0.2) is 9.97 Å². The molecule has 1 aromatic heterocycles. The van der Waals surface area contributed by atoms with Gasteiger partial charge in [0, 0.05) is 52.2 Å². The van der Waals surface area contributed by atoms with E-state index in [-0.39, 0.29) is 24.0 Å². The highest BCUT2D eigenvalue weighted by atomic mass is 127. The van der Waals surface area contributed by atoms with Crippen LogP contribution in [0.3, 0.4) is 0 Å². The second kappa shape index (κ2) is 10.3. The molecule has 0 atom stereocenters. The van der Waals surface area contributed by atoms with Gasteiger partial charge in [-0.3, -0.25) is 4.99 Å². The van der Waals surface area contributed by atoms with Crippen LogP contribution in [0.25, 0.3) is 0 Å². The lowest BCUT2D eigenvalue weighted by molar-refractivity contribution is 0.370. The molecule has 0 saturated carbocycles. The molecule has 0 spiro atoms. The highest BCUT2D eigenvalue weighted by Gasteiger charge is 2.21. The normalized spacial score (nSPS) is 14.8. The molecule has 2 heterocycles. The first-order valence-electron chi connectivity index (χ1n) is 8.86. The summed E-state index contributed by atoms with van der Waals surface area (Å²) >= 11 is 0. The first-order valence-corrected chi connectivity index (χ1v) is 8.86. The van der Waals surface area contributed by atoms with Crippen LogP contribution in [0.5, 0.6) is 0 Å². The van der Waals surface area contributed by atoms with Crippen LogP contribution in [0.2, 0.25) is 0 Å². The summed E-state index contributed by atoms with van der Waals surface area (Å²) < 4.78 is 0. The second-order valence-corrected chi connectivity index (χ2v) is 6.05. The van der Waals surface area contributed by atoms with E-state index in [9.17, 15) is 0 Å². The maximum atomic E-state index is 4.46. The number of aromatic nitrogens is 2. The number of hydrogen-bond acceptors (Lipinski definition) is 4. The Morgan fingerprint density at radius 2 is 1.69 bits per heavy atom. The number of aryl methyl sites for hydroxylation is 1. The van der Waals surface area contributed by atoms with Crippen molar-refractivity contribution in [1.82, 2.24) is 20.2 Å². The van der Waals surface area contributed by atoms with Crippen LogP contribution in [-0.2, 0) is 13.0 Å². The van der Waals surface area contributed by atoms with Crippen LogP contribution < -0.4 is 10.2 Å². The molecular weight excluding hydrogens is 439 g/mol. The predicted octanol–water partition coefficient (Wildman–Crippen LogP) is 2.55. The minimum Gasteiger partial charge on any atom is -0.352 e. The summed E-state index contributed by atoms with van der Waals surface area (Å²) in [6.45, 7) is 6.62. The van der Waals surface area contributed by atoms with E-state index in [1.54, 1.807) is 12.4 Å². The molecule has 1 aromatic carbocycles. The average molecular weight is 466 g/mol. The lowest BCUT2D eigenvalue weighted by atomic mass is 10.1. The van der Waals surface area contributed by atoms with Gasteiger partial charge in [-0.1, -0.05) is 31.2 Å². The molecule has 1 N–H and O–H groups in total. The van der Waals surface area contributed by atoms with E-state index in [2.05, 4.69) is 61.3 Å². The van der Waals surface area contributed by atoms with E-state index in [0.29, 0.717) is 0 Å². The Labute approximate surface area is 172 Å². The van der Waals surface area contributed by atoms with Crippen LogP contribution in [0, 0.1) is 0 Å². The molecule has 1 saturated heterocycles. The molecule has 26 heavy (non-hydrogen) atoms. The highest BCUT2D eigenvalue weighted by molar-refractivity contribution is 14.0. The van der Waals surface area contributed by atoms with E-state index >= 15 is 0 Å². The summed E-state index contributed by atoms with van der Waals surface area (Å²) in [5.74, 6) is 1.77. The molecule has 2 aromatic rings. The SMILES string of the molecule is CCc1ccccc1CNC(=NC)N1CCN(c2ncccn2)CC1.I. The Kier molecular flexibility index (Phi) is 8.08. The van der Waals surface area contributed by atoms with Crippen molar-refractivity contribution in [3.63, 3.8) is 0 Å². The third-order valence-corrected chi connectivity index (χ3v) is 4.56. The molecule has 0 bridgehead atoms. The Hall–Kier alpha value is -1.90. The maximum Gasteiger partial charge on any atom is 0.225 e. The van der Waals surface area contributed by atoms with Gasteiger partial charge in [0.05, 0.1) is 0 Å². The molecule has 6 nitrogen and oxygen atoms in total. The Balaban J connectivity index is 0.00000243. The molecule has 3 rings (SSSR count). The number of rotatable bonds is 4. The zero-order valence-electron chi connectivity index (χ0n) is 15.4. The van der Waals surface area contributed by atoms with Crippen molar-refractivity contribution >= 4 is 35.9 Å². The Morgan fingerprint density at radius 1 is 1.04 bits per heavy atom. The van der Waals surface area contributed by atoms with Crippen LogP contribution in [0.4, 0.5) is 5.95 Å². The summed E-state index contributed by atoms with van der Waals surface area (Å²) in [5.41, 5.74) is 2.72. The maximum absolute atomic E-state index is 4.46. The number of piperazine rings is 1. The molecule has 0 unspecified atom stereocenters. The molecular formula is C19H27IN6. The van der Waals surface area contributed by atoms with E-state index in [0.717, 1.165) is 51.1 Å². The quantitative estimate of drug-likeness (QED) is 0.427. The standard InChI is InChI=1S/C19H26N6.HI/c1-3-16-7-4-5-8-17(16)15-23-18(20-2)24-11-13-25(14-12-24)19-21-9-6-10-22-19;/h4-10H,3,11-15H2,1-2H3,(H,20,23);1H. The minimum absolute atomic E-state index is 0.